The highest BCUT2D eigenvalue weighted by Gasteiger charge is 2.49. The van der Waals surface area contributed by atoms with Crippen LogP contribution in [0, 0.1) is 22.7 Å². The Labute approximate surface area is 163 Å². The van der Waals surface area contributed by atoms with Gasteiger partial charge in [0.25, 0.3) is 0 Å². The lowest BCUT2D eigenvalue weighted by molar-refractivity contribution is -0.0545. The number of benzene rings is 1. The maximum absolute atomic E-state index is 12.2. The number of halogens is 6. The summed E-state index contributed by atoms with van der Waals surface area (Å²) in [6, 6.07) is 6.07. The molecule has 1 aromatic rings. The Morgan fingerprint density at radius 2 is 1.13 bits per heavy atom. The lowest BCUT2D eigenvalue weighted by atomic mass is 10.0. The second-order valence-corrected chi connectivity index (χ2v) is 7.67. The fourth-order valence-electron chi connectivity index (χ4n) is 1.35. The van der Waals surface area contributed by atoms with Crippen molar-refractivity contribution in [2.45, 2.75) is 11.0 Å². The summed E-state index contributed by atoms with van der Waals surface area (Å²) in [5, 5.41) is 22.9. The average Bonchev–Trinajstić information content (AvgIpc) is 2.61. The van der Waals surface area contributed by atoms with Crippen molar-refractivity contribution in [2.75, 3.05) is 0 Å². The Morgan fingerprint density at radius 3 is 1.40 bits per heavy atom. The lowest BCUT2D eigenvalue weighted by Crippen LogP contribution is -2.24. The van der Waals surface area contributed by atoms with Gasteiger partial charge in [-0.15, -0.1) is 0 Å². The van der Waals surface area contributed by atoms with Crippen LogP contribution in [0.4, 0.5) is 26.3 Å². The van der Waals surface area contributed by atoms with Gasteiger partial charge in [0.05, 0.1) is 0 Å². The number of hydrogen-bond acceptors (Lipinski definition) is 10. The van der Waals surface area contributed by atoms with E-state index in [0.717, 1.165) is 24.3 Å². The van der Waals surface area contributed by atoms with Crippen LogP contribution in [0.3, 0.4) is 0 Å². The standard InChI is InChI=1S/C12H4F6N4O6S2/c13-11(14,15)29(23,24)27-21-9(5-19)7-2-1-3-8(4-7)10(6-20)22-28-30(25,26)12(16,17)18/h1-4H/b21-9-,22-10+. The van der Waals surface area contributed by atoms with E-state index in [4.69, 9.17) is 10.5 Å². The average molecular weight is 478 g/mol. The van der Waals surface area contributed by atoms with Crippen LogP contribution in [-0.2, 0) is 28.8 Å². The summed E-state index contributed by atoms with van der Waals surface area (Å²) < 4.78 is 123. The Morgan fingerprint density at radius 1 is 0.800 bits per heavy atom. The van der Waals surface area contributed by atoms with E-state index in [9.17, 15) is 43.2 Å². The van der Waals surface area contributed by atoms with Gasteiger partial charge in [-0.1, -0.05) is 28.5 Å². The van der Waals surface area contributed by atoms with E-state index in [2.05, 4.69) is 18.9 Å². The van der Waals surface area contributed by atoms with Gasteiger partial charge in [0.2, 0.25) is 0 Å². The fourth-order valence-corrected chi connectivity index (χ4v) is 1.86. The van der Waals surface area contributed by atoms with Gasteiger partial charge in [0.15, 0.2) is 11.4 Å². The third-order valence-electron chi connectivity index (χ3n) is 2.64. The molecule has 10 nitrogen and oxygen atoms in total. The summed E-state index contributed by atoms with van der Waals surface area (Å²) in [4.78, 5) is 0. The maximum Gasteiger partial charge on any atom is 0.536 e. The van der Waals surface area contributed by atoms with Crippen LogP contribution < -0.4 is 0 Å². The van der Waals surface area contributed by atoms with E-state index in [1.807, 2.05) is 0 Å². The van der Waals surface area contributed by atoms with E-state index >= 15 is 0 Å². The Kier molecular flexibility index (Phi) is 7.03. The quantitative estimate of drug-likeness (QED) is 0.259. The van der Waals surface area contributed by atoms with E-state index in [1.54, 1.807) is 0 Å². The monoisotopic (exact) mass is 478 g/mol. The number of oxime groups is 2. The van der Waals surface area contributed by atoms with Crippen molar-refractivity contribution in [1.82, 2.24) is 0 Å². The first-order valence-corrected chi connectivity index (χ1v) is 9.44. The van der Waals surface area contributed by atoms with Crippen LogP contribution in [0.1, 0.15) is 11.1 Å². The number of nitriles is 2. The number of nitrogens with zero attached hydrogens (tertiary/aromatic N) is 4. The smallest absolute Gasteiger partial charge is 0.260 e. The Bertz CT molecular complexity index is 1080. The van der Waals surface area contributed by atoms with Crippen LogP contribution in [-0.4, -0.2) is 39.3 Å². The van der Waals surface area contributed by atoms with Crippen molar-refractivity contribution in [3.8, 4) is 12.1 Å². The third kappa shape index (κ3) is 5.81. The van der Waals surface area contributed by atoms with Gasteiger partial charge in [0, 0.05) is 11.1 Å². The molecule has 1 rings (SSSR count). The van der Waals surface area contributed by atoms with Crippen LogP contribution >= 0.6 is 0 Å². The number of alkyl halides is 6. The molecular formula is C12H4F6N4O6S2. The van der Waals surface area contributed by atoms with Gasteiger partial charge in [-0.2, -0.15) is 53.7 Å². The molecule has 0 aliphatic rings. The molecule has 162 valence electrons. The van der Waals surface area contributed by atoms with E-state index in [0.29, 0.717) is 0 Å². The van der Waals surface area contributed by atoms with Gasteiger partial charge < -0.3 is 0 Å². The topological polar surface area (TPSA) is 159 Å². The van der Waals surface area contributed by atoms with Crippen LogP contribution in [0.2, 0.25) is 0 Å². The second-order valence-electron chi connectivity index (χ2n) is 4.63. The molecule has 0 spiro atoms. The zero-order valence-corrected chi connectivity index (χ0v) is 15.3. The van der Waals surface area contributed by atoms with Crippen molar-refractivity contribution < 1.29 is 51.7 Å². The first-order chi connectivity index (χ1) is 13.6. The SMILES string of the molecule is N#C/C(=N\OS(=O)(=O)C(F)(F)F)c1cccc(/C(C#N)=N\OS(=O)(=O)C(F)(F)F)c1. The molecule has 0 aromatic heterocycles. The summed E-state index contributed by atoms with van der Waals surface area (Å²) in [5.74, 6) is 0. The van der Waals surface area contributed by atoms with E-state index in [1.165, 1.54) is 12.1 Å². The minimum absolute atomic E-state index is 0.464. The summed E-state index contributed by atoms with van der Waals surface area (Å²) in [5.41, 5.74) is -14.7. The molecule has 0 saturated carbocycles. The molecule has 0 fully saturated rings. The van der Waals surface area contributed by atoms with Crippen molar-refractivity contribution in [3.63, 3.8) is 0 Å². The minimum Gasteiger partial charge on any atom is -0.260 e. The Hall–Kier alpha value is -3.38. The van der Waals surface area contributed by atoms with E-state index < -0.39 is 53.8 Å². The molecule has 0 amide bonds. The molecule has 0 aliphatic heterocycles. The molecule has 18 heteroatoms. The summed E-state index contributed by atoms with van der Waals surface area (Å²) in [6.45, 7) is 0. The van der Waals surface area contributed by atoms with Gasteiger partial charge in [-0.05, 0) is 6.07 Å². The number of hydrogen-bond donors (Lipinski definition) is 0. The van der Waals surface area contributed by atoms with E-state index in [-0.39, 0.29) is 0 Å². The zero-order valence-electron chi connectivity index (χ0n) is 13.6. The molecule has 1 aromatic carbocycles. The normalized spacial score (nSPS) is 13.9. The predicted molar refractivity (Wildman–Crippen MR) is 82.9 cm³/mol. The highest BCUT2D eigenvalue weighted by Crippen LogP contribution is 2.26. The molecule has 0 aliphatic carbocycles. The first kappa shape index (κ1) is 24.7. The van der Waals surface area contributed by atoms with Crippen molar-refractivity contribution >= 4 is 31.7 Å². The predicted octanol–water partition coefficient (Wildman–Crippen LogP) is 1.87. The molecule has 0 radical (unpaired) electrons. The summed E-state index contributed by atoms with van der Waals surface area (Å²) >= 11 is 0. The largest absolute Gasteiger partial charge is 0.536 e. The van der Waals surface area contributed by atoms with Crippen molar-refractivity contribution in [2.24, 2.45) is 10.3 Å². The molecule has 0 heterocycles. The fraction of sp³-hybridized carbons (Fsp3) is 0.167. The molecule has 0 unspecified atom stereocenters. The highest BCUT2D eigenvalue weighted by molar-refractivity contribution is 7.87. The molecule has 0 N–H and O–H groups in total. The lowest BCUT2D eigenvalue weighted by Gasteiger charge is -2.06. The van der Waals surface area contributed by atoms with Crippen LogP contribution in [0.15, 0.2) is 34.6 Å². The van der Waals surface area contributed by atoms with Crippen LogP contribution in [0.25, 0.3) is 0 Å². The number of rotatable bonds is 6. The minimum atomic E-state index is -6.19. The van der Waals surface area contributed by atoms with Gasteiger partial charge in [-0.3, -0.25) is 8.57 Å². The summed E-state index contributed by atoms with van der Waals surface area (Å²) in [7, 11) is -12.4. The molecule has 0 atom stereocenters. The second kappa shape index (κ2) is 8.55. The molecule has 0 saturated heterocycles. The molecule has 0 bridgehead atoms. The third-order valence-corrected chi connectivity index (χ3v) is 4.32. The first-order valence-electron chi connectivity index (χ1n) is 6.62. The van der Waals surface area contributed by atoms with Gasteiger partial charge >= 0.3 is 31.3 Å². The molecular weight excluding hydrogens is 474 g/mol. The summed E-state index contributed by atoms with van der Waals surface area (Å²) in [6.07, 6.45) is 0. The van der Waals surface area contributed by atoms with Crippen molar-refractivity contribution in [1.29, 1.82) is 10.5 Å². The van der Waals surface area contributed by atoms with Gasteiger partial charge in [-0.25, -0.2) is 0 Å². The van der Waals surface area contributed by atoms with Crippen molar-refractivity contribution in [3.05, 3.63) is 35.4 Å². The molecule has 30 heavy (non-hydrogen) atoms. The Balaban J connectivity index is 3.31. The highest BCUT2D eigenvalue weighted by atomic mass is 32.2. The van der Waals surface area contributed by atoms with Gasteiger partial charge in [0.1, 0.15) is 12.1 Å². The zero-order chi connectivity index (χ0) is 23.4. The van der Waals surface area contributed by atoms with Crippen LogP contribution in [0.5, 0.6) is 0 Å². The maximum atomic E-state index is 12.2.